The maximum absolute atomic E-state index is 12.3. The smallest absolute Gasteiger partial charge is 0.274 e. The van der Waals surface area contributed by atoms with Gasteiger partial charge in [-0.2, -0.15) is 0 Å². The van der Waals surface area contributed by atoms with Crippen LogP contribution in [0.4, 0.5) is 0 Å². The summed E-state index contributed by atoms with van der Waals surface area (Å²) in [5.41, 5.74) is 0.373. The number of carbonyl (C=O) groups is 1. The summed E-state index contributed by atoms with van der Waals surface area (Å²) in [6, 6.07) is 3.83. The minimum Gasteiger partial charge on any atom is -0.480 e. The van der Waals surface area contributed by atoms with Crippen molar-refractivity contribution in [2.75, 3.05) is 20.2 Å². The Morgan fingerprint density at radius 2 is 2.11 bits per heavy atom. The topological polar surface area (TPSA) is 58.6 Å². The van der Waals surface area contributed by atoms with Crippen LogP contribution in [0.1, 0.15) is 16.9 Å². The molecule has 0 aromatic carbocycles. The van der Waals surface area contributed by atoms with Gasteiger partial charge >= 0.3 is 0 Å². The Bertz CT molecular complexity index is 455. The van der Waals surface area contributed by atoms with Crippen molar-refractivity contribution in [2.45, 2.75) is 18.5 Å². The number of rotatable bonds is 2. The molecule has 2 saturated heterocycles. The van der Waals surface area contributed by atoms with E-state index in [1.807, 2.05) is 9.21 Å². The van der Waals surface area contributed by atoms with Crippen LogP contribution in [0, 0.1) is 0 Å². The van der Waals surface area contributed by atoms with Gasteiger partial charge in [0.15, 0.2) is 5.69 Å². The Balaban J connectivity index is 1.75. The van der Waals surface area contributed by atoms with Crippen LogP contribution >= 0.6 is 12.8 Å². The highest BCUT2D eigenvalue weighted by Crippen LogP contribution is 2.33. The Hall–Kier alpha value is -1.34. The summed E-state index contributed by atoms with van der Waals surface area (Å²) in [4.78, 5) is 14.2. The van der Waals surface area contributed by atoms with Crippen molar-refractivity contribution >= 4 is 18.7 Å². The molecule has 0 saturated carbocycles. The largest absolute Gasteiger partial charge is 0.480 e. The van der Waals surface area contributed by atoms with Gasteiger partial charge in [0, 0.05) is 31.2 Å². The normalized spacial score (nSPS) is 26.7. The Kier molecular flexibility index (Phi) is 2.87. The molecule has 96 valence electrons. The molecule has 2 aliphatic heterocycles. The number of piperidine rings is 1. The summed E-state index contributed by atoms with van der Waals surface area (Å²) >= 11 is 4.32. The molecule has 0 N–H and O–H groups in total. The van der Waals surface area contributed by atoms with Gasteiger partial charge in [0.25, 0.3) is 5.91 Å². The van der Waals surface area contributed by atoms with Crippen molar-refractivity contribution in [3.63, 3.8) is 0 Å². The minimum absolute atomic E-state index is 0.0483. The third-order valence-corrected chi connectivity index (χ3v) is 3.80. The first kappa shape index (κ1) is 11.7. The third kappa shape index (κ3) is 1.83. The predicted octanol–water partition coefficient (Wildman–Crippen LogP) is 0.229. The second-order valence-corrected chi connectivity index (χ2v) is 5.15. The maximum atomic E-state index is 12.3. The molecule has 1 aromatic rings. The standard InChI is InChI=1S/C11H14N4O2S/c1-17-10-3-2-9(12-13-10)11(16)15-7-4-8(15)6-14(18)5-7/h2-3,7-8,18H,4-6H2,1H3. The van der Waals surface area contributed by atoms with Crippen LogP contribution in [-0.4, -0.2) is 57.6 Å². The molecule has 3 rings (SSSR count). The van der Waals surface area contributed by atoms with Gasteiger partial charge in [-0.3, -0.25) is 4.79 Å². The number of hydrogen-bond donors (Lipinski definition) is 1. The number of amides is 1. The second-order valence-electron chi connectivity index (χ2n) is 4.59. The van der Waals surface area contributed by atoms with Crippen molar-refractivity contribution in [1.29, 1.82) is 0 Å². The van der Waals surface area contributed by atoms with Gasteiger partial charge in [-0.05, 0) is 12.5 Å². The Labute approximate surface area is 110 Å². The van der Waals surface area contributed by atoms with E-state index in [0.717, 1.165) is 19.5 Å². The average molecular weight is 266 g/mol. The zero-order valence-corrected chi connectivity index (χ0v) is 10.9. The minimum atomic E-state index is -0.0483. The number of methoxy groups -OCH3 is 1. The molecule has 0 radical (unpaired) electrons. The number of aromatic nitrogens is 2. The van der Waals surface area contributed by atoms with Gasteiger partial charge in [0.1, 0.15) is 0 Å². The number of nitrogens with zero attached hydrogens (tertiary/aromatic N) is 4. The van der Waals surface area contributed by atoms with Crippen LogP contribution in [0.2, 0.25) is 0 Å². The zero-order valence-electron chi connectivity index (χ0n) is 9.98. The number of piperazine rings is 1. The highest BCUT2D eigenvalue weighted by atomic mass is 32.1. The first-order chi connectivity index (χ1) is 8.69. The lowest BCUT2D eigenvalue weighted by molar-refractivity contribution is -0.0222. The van der Waals surface area contributed by atoms with Crippen molar-refractivity contribution < 1.29 is 9.53 Å². The molecule has 0 spiro atoms. The highest BCUT2D eigenvalue weighted by Gasteiger charge is 2.47. The third-order valence-electron chi connectivity index (χ3n) is 3.48. The molecule has 3 heterocycles. The van der Waals surface area contributed by atoms with Gasteiger partial charge in [0.05, 0.1) is 7.11 Å². The molecule has 0 aliphatic carbocycles. The molecule has 6 nitrogen and oxygen atoms in total. The van der Waals surface area contributed by atoms with Gasteiger partial charge in [-0.25, -0.2) is 4.31 Å². The van der Waals surface area contributed by atoms with E-state index in [2.05, 4.69) is 23.0 Å². The number of hydrogen-bond acceptors (Lipinski definition) is 6. The molecule has 2 aliphatic rings. The number of fused-ring (bicyclic) bond motifs is 2. The van der Waals surface area contributed by atoms with Crippen molar-refractivity contribution in [1.82, 2.24) is 19.4 Å². The van der Waals surface area contributed by atoms with Crippen LogP contribution in [0.25, 0.3) is 0 Å². The van der Waals surface area contributed by atoms with Gasteiger partial charge < -0.3 is 9.64 Å². The molecule has 18 heavy (non-hydrogen) atoms. The van der Waals surface area contributed by atoms with E-state index >= 15 is 0 Å². The van der Waals surface area contributed by atoms with E-state index in [4.69, 9.17) is 4.74 Å². The van der Waals surface area contributed by atoms with Gasteiger partial charge in [-0.1, -0.05) is 12.8 Å². The number of carbonyl (C=O) groups excluding carboxylic acids is 1. The fourth-order valence-corrected chi connectivity index (χ4v) is 2.97. The van der Waals surface area contributed by atoms with E-state index in [1.165, 1.54) is 7.11 Å². The monoisotopic (exact) mass is 266 g/mol. The maximum Gasteiger partial charge on any atom is 0.274 e. The summed E-state index contributed by atoms with van der Waals surface area (Å²) in [5.74, 6) is 0.365. The molecule has 2 unspecified atom stereocenters. The van der Waals surface area contributed by atoms with Crippen LogP contribution in [0.3, 0.4) is 0 Å². The molecule has 1 amide bonds. The number of likely N-dealkylation sites (tertiary alicyclic amines) is 1. The molecule has 1 aromatic heterocycles. The lowest BCUT2D eigenvalue weighted by Crippen LogP contribution is -2.68. The fourth-order valence-electron chi connectivity index (χ4n) is 2.59. The molecule has 2 atom stereocenters. The molecular weight excluding hydrogens is 252 g/mol. The molecule has 2 bridgehead atoms. The van der Waals surface area contributed by atoms with E-state index in [1.54, 1.807) is 12.1 Å². The van der Waals surface area contributed by atoms with E-state index < -0.39 is 0 Å². The van der Waals surface area contributed by atoms with Crippen LogP contribution in [-0.2, 0) is 0 Å². The summed E-state index contributed by atoms with van der Waals surface area (Å²) in [6.45, 7) is 1.63. The van der Waals surface area contributed by atoms with Crippen LogP contribution in [0.5, 0.6) is 5.88 Å². The van der Waals surface area contributed by atoms with Gasteiger partial charge in [0.2, 0.25) is 5.88 Å². The molecular formula is C11H14N4O2S. The molecule has 2 fully saturated rings. The van der Waals surface area contributed by atoms with Crippen LogP contribution in [0.15, 0.2) is 12.1 Å². The van der Waals surface area contributed by atoms with Crippen molar-refractivity contribution in [3.8, 4) is 5.88 Å². The lowest BCUT2D eigenvalue weighted by atomic mass is 9.88. The van der Waals surface area contributed by atoms with E-state index in [9.17, 15) is 4.79 Å². The summed E-state index contributed by atoms with van der Waals surface area (Å²) < 4.78 is 6.88. The van der Waals surface area contributed by atoms with Crippen LogP contribution < -0.4 is 4.74 Å². The number of thiol groups is 1. The summed E-state index contributed by atoms with van der Waals surface area (Å²) in [6.07, 6.45) is 1.06. The summed E-state index contributed by atoms with van der Waals surface area (Å²) in [7, 11) is 1.52. The highest BCUT2D eigenvalue weighted by molar-refractivity contribution is 7.77. The summed E-state index contributed by atoms with van der Waals surface area (Å²) in [5, 5.41) is 7.72. The first-order valence-corrected chi connectivity index (χ1v) is 6.23. The predicted molar refractivity (Wildman–Crippen MR) is 67.5 cm³/mol. The Morgan fingerprint density at radius 3 is 2.67 bits per heavy atom. The second kappa shape index (κ2) is 4.40. The quantitative estimate of drug-likeness (QED) is 0.777. The average Bonchev–Trinajstić information content (AvgIpc) is 2.38. The SMILES string of the molecule is COc1ccc(C(=O)N2C3CC2CN(S)C3)nn1. The fraction of sp³-hybridized carbons (Fsp3) is 0.545. The van der Waals surface area contributed by atoms with Gasteiger partial charge in [-0.15, -0.1) is 10.2 Å². The Morgan fingerprint density at radius 1 is 1.39 bits per heavy atom. The van der Waals surface area contributed by atoms with E-state index in [-0.39, 0.29) is 18.0 Å². The van der Waals surface area contributed by atoms with Crippen molar-refractivity contribution in [3.05, 3.63) is 17.8 Å². The van der Waals surface area contributed by atoms with Crippen molar-refractivity contribution in [2.24, 2.45) is 0 Å². The first-order valence-electron chi connectivity index (χ1n) is 5.83. The zero-order chi connectivity index (χ0) is 12.7. The lowest BCUT2D eigenvalue weighted by Gasteiger charge is -2.54. The van der Waals surface area contributed by atoms with E-state index in [0.29, 0.717) is 11.6 Å². The molecule has 7 heteroatoms. The number of ether oxygens (including phenoxy) is 1.